The van der Waals surface area contributed by atoms with Crippen molar-refractivity contribution < 1.29 is 9.20 Å². The molecule has 4 aromatic rings. The van der Waals surface area contributed by atoms with Crippen molar-refractivity contribution in [2.75, 3.05) is 0 Å². The van der Waals surface area contributed by atoms with Crippen LogP contribution in [0.2, 0.25) is 0 Å². The third-order valence-corrected chi connectivity index (χ3v) is 4.40. The van der Waals surface area contributed by atoms with Crippen LogP contribution in [0.15, 0.2) is 88.2 Å². The van der Waals surface area contributed by atoms with Crippen LogP contribution in [0.25, 0.3) is 29.1 Å². The second kappa shape index (κ2) is 7.30. The maximum atomic E-state index is 12.3. The molecule has 0 amide bonds. The summed E-state index contributed by atoms with van der Waals surface area (Å²) in [6.45, 7) is 2.07. The van der Waals surface area contributed by atoms with Crippen molar-refractivity contribution in [3.63, 3.8) is 0 Å². The zero-order valence-electron chi connectivity index (χ0n) is 14.9. The van der Waals surface area contributed by atoms with E-state index >= 15 is 0 Å². The molecule has 3 aromatic carbocycles. The highest BCUT2D eigenvalue weighted by molar-refractivity contribution is 5.73. The first-order valence-electron chi connectivity index (χ1n) is 8.75. The predicted octanol–water partition coefficient (Wildman–Crippen LogP) is 4.39. The van der Waals surface area contributed by atoms with Crippen molar-refractivity contribution in [3.05, 3.63) is 106 Å². The van der Waals surface area contributed by atoms with E-state index < -0.39 is 5.63 Å². The third kappa shape index (κ3) is 3.51. The fourth-order valence-electron chi connectivity index (χ4n) is 2.98. The number of para-hydroxylation sites is 1. The van der Waals surface area contributed by atoms with Crippen LogP contribution in [-0.2, 0) is 0 Å². The van der Waals surface area contributed by atoms with Gasteiger partial charge in [-0.2, -0.15) is 0 Å². The molecular weight excluding hydrogens is 336 g/mol. The number of nitrogens with zero attached hydrogens (tertiary/aromatic N) is 1. The molecule has 0 radical (unpaired) electrons. The molecule has 27 heavy (non-hydrogen) atoms. The summed E-state index contributed by atoms with van der Waals surface area (Å²) in [7, 11) is 0. The quantitative estimate of drug-likeness (QED) is 0.436. The van der Waals surface area contributed by atoms with Gasteiger partial charge in [0.2, 0.25) is 5.69 Å². The Kier molecular flexibility index (Phi) is 4.54. The van der Waals surface area contributed by atoms with Gasteiger partial charge in [0.1, 0.15) is 0 Å². The predicted molar refractivity (Wildman–Crippen MR) is 106 cm³/mol. The van der Waals surface area contributed by atoms with Crippen molar-refractivity contribution in [1.82, 2.24) is 5.27 Å². The number of hydrogen-bond donors (Lipinski definition) is 1. The Morgan fingerprint density at radius 2 is 1.56 bits per heavy atom. The van der Waals surface area contributed by atoms with E-state index in [0.717, 1.165) is 22.4 Å². The largest absolute Gasteiger partial charge is 0.435 e. The van der Waals surface area contributed by atoms with Gasteiger partial charge in [-0.1, -0.05) is 66.2 Å². The lowest BCUT2D eigenvalue weighted by atomic mass is 10.1. The number of benzene rings is 3. The Morgan fingerprint density at radius 1 is 0.852 bits per heavy atom. The first-order valence-corrected chi connectivity index (χ1v) is 8.75. The highest BCUT2D eigenvalue weighted by Gasteiger charge is 2.26. The lowest BCUT2D eigenvalue weighted by Crippen LogP contribution is -2.36. The normalized spacial score (nSPS) is 11.1. The molecule has 0 saturated heterocycles. The highest BCUT2D eigenvalue weighted by Crippen LogP contribution is 2.17. The van der Waals surface area contributed by atoms with E-state index in [2.05, 4.69) is 42.5 Å². The molecular formula is C23H19N2O2+. The van der Waals surface area contributed by atoms with Gasteiger partial charge in [0.05, 0.1) is 5.56 Å². The Hall–Kier alpha value is -3.66. The summed E-state index contributed by atoms with van der Waals surface area (Å²) in [5, 5.41) is 2.73. The second-order valence-electron chi connectivity index (χ2n) is 6.33. The number of aryl methyl sites for hydroxylation is 1. The SMILES string of the molecule is Cc1ccc(/C=C/c2ccccc2-[n+]2[nH]oc(=O)c2-c2ccccc2)cc1. The first kappa shape index (κ1) is 16.8. The van der Waals surface area contributed by atoms with Gasteiger partial charge < -0.3 is 0 Å². The summed E-state index contributed by atoms with van der Waals surface area (Å²) in [5.74, 6) is 0. The molecule has 0 aliphatic rings. The van der Waals surface area contributed by atoms with Crippen LogP contribution in [0.3, 0.4) is 0 Å². The molecule has 4 nitrogen and oxygen atoms in total. The van der Waals surface area contributed by atoms with E-state index in [1.807, 2.05) is 60.7 Å². The Balaban J connectivity index is 1.79. The molecule has 4 heteroatoms. The number of aromatic amines is 1. The summed E-state index contributed by atoms with van der Waals surface area (Å²) >= 11 is 0. The molecule has 4 rings (SSSR count). The number of aromatic nitrogens is 2. The van der Waals surface area contributed by atoms with E-state index in [4.69, 9.17) is 4.52 Å². The van der Waals surface area contributed by atoms with Gasteiger partial charge in [-0.25, -0.2) is 4.79 Å². The van der Waals surface area contributed by atoms with Crippen molar-refractivity contribution >= 4 is 12.2 Å². The van der Waals surface area contributed by atoms with Gasteiger partial charge >= 0.3 is 11.3 Å². The van der Waals surface area contributed by atoms with Gasteiger partial charge in [-0.3, -0.25) is 4.52 Å². The van der Waals surface area contributed by atoms with Gasteiger partial charge in [0.25, 0.3) is 0 Å². The highest BCUT2D eigenvalue weighted by atomic mass is 16.5. The van der Waals surface area contributed by atoms with Gasteiger partial charge in [-0.05, 0) is 46.7 Å². The zero-order valence-corrected chi connectivity index (χ0v) is 14.9. The van der Waals surface area contributed by atoms with E-state index in [-0.39, 0.29) is 0 Å². The Morgan fingerprint density at radius 3 is 2.33 bits per heavy atom. The summed E-state index contributed by atoms with van der Waals surface area (Å²) in [6, 6.07) is 25.7. The van der Waals surface area contributed by atoms with Crippen LogP contribution >= 0.6 is 0 Å². The molecule has 0 atom stereocenters. The summed E-state index contributed by atoms with van der Waals surface area (Å²) < 4.78 is 6.78. The Labute approximate surface area is 157 Å². The van der Waals surface area contributed by atoms with Crippen LogP contribution in [0, 0.1) is 6.92 Å². The summed E-state index contributed by atoms with van der Waals surface area (Å²) in [4.78, 5) is 12.3. The summed E-state index contributed by atoms with van der Waals surface area (Å²) in [6.07, 6.45) is 4.09. The Bertz CT molecular complexity index is 1140. The lowest BCUT2D eigenvalue weighted by molar-refractivity contribution is -0.660. The van der Waals surface area contributed by atoms with Crippen LogP contribution in [0.1, 0.15) is 16.7 Å². The molecule has 1 N–H and O–H groups in total. The first-order chi connectivity index (χ1) is 13.2. The third-order valence-electron chi connectivity index (χ3n) is 4.40. The monoisotopic (exact) mass is 355 g/mol. The average Bonchev–Trinajstić information content (AvgIpc) is 3.10. The van der Waals surface area contributed by atoms with Crippen molar-refractivity contribution in [1.29, 1.82) is 0 Å². The van der Waals surface area contributed by atoms with Crippen LogP contribution < -0.4 is 10.3 Å². The average molecular weight is 355 g/mol. The number of rotatable bonds is 4. The zero-order chi connectivity index (χ0) is 18.6. The molecule has 0 bridgehead atoms. The van der Waals surface area contributed by atoms with Crippen LogP contribution in [0.4, 0.5) is 0 Å². The van der Waals surface area contributed by atoms with E-state index in [1.54, 1.807) is 4.68 Å². The minimum atomic E-state index is -0.404. The summed E-state index contributed by atoms with van der Waals surface area (Å²) in [5.41, 5.74) is 5.01. The van der Waals surface area contributed by atoms with Gasteiger partial charge in [0.15, 0.2) is 0 Å². The van der Waals surface area contributed by atoms with Crippen LogP contribution in [0.5, 0.6) is 0 Å². The van der Waals surface area contributed by atoms with Crippen molar-refractivity contribution in [2.24, 2.45) is 0 Å². The van der Waals surface area contributed by atoms with Gasteiger partial charge in [-0.15, -0.1) is 0 Å². The molecule has 1 aromatic heterocycles. The number of hydrogen-bond acceptors (Lipinski definition) is 2. The number of nitrogens with one attached hydrogen (secondary N) is 1. The molecule has 0 aliphatic carbocycles. The smallest absolute Gasteiger partial charge is 0.282 e. The maximum Gasteiger partial charge on any atom is 0.435 e. The molecule has 0 aliphatic heterocycles. The van der Waals surface area contributed by atoms with E-state index in [0.29, 0.717) is 5.69 Å². The second-order valence-corrected chi connectivity index (χ2v) is 6.33. The standard InChI is InChI=1S/C23H18N2O2/c1-17-11-13-18(14-12-17)15-16-19-7-5-6-10-21(19)25-22(23(26)27-24-25)20-8-3-2-4-9-20/h2-16H,1H3/p+1/b16-15+. The molecule has 0 spiro atoms. The lowest BCUT2D eigenvalue weighted by Gasteiger charge is -2.00. The molecule has 132 valence electrons. The van der Waals surface area contributed by atoms with Crippen LogP contribution in [-0.4, -0.2) is 5.27 Å². The maximum absolute atomic E-state index is 12.3. The fourth-order valence-corrected chi connectivity index (χ4v) is 2.98. The van der Waals surface area contributed by atoms with E-state index in [1.165, 1.54) is 5.56 Å². The van der Waals surface area contributed by atoms with Crippen molar-refractivity contribution in [3.8, 4) is 16.9 Å². The molecule has 0 fully saturated rings. The topological polar surface area (TPSA) is 49.9 Å². The van der Waals surface area contributed by atoms with Gasteiger partial charge in [0, 0.05) is 11.6 Å². The molecule has 0 unspecified atom stereocenters. The van der Waals surface area contributed by atoms with E-state index in [9.17, 15) is 4.79 Å². The molecule has 1 heterocycles. The minimum Gasteiger partial charge on any atom is -0.282 e. The fraction of sp³-hybridized carbons (Fsp3) is 0.0435. The van der Waals surface area contributed by atoms with Crippen molar-refractivity contribution in [2.45, 2.75) is 6.92 Å². The molecule has 0 saturated carbocycles. The minimum absolute atomic E-state index is 0.404. The number of H-pyrrole nitrogens is 1.